The third-order valence-corrected chi connectivity index (χ3v) is 7.45. The maximum absolute atomic E-state index is 13.1. The number of nitrogens with one attached hydrogen (secondary N) is 2. The Morgan fingerprint density at radius 3 is 2.74 bits per heavy atom. The van der Waals surface area contributed by atoms with Crippen LogP contribution in [0.5, 0.6) is 0 Å². The molecule has 2 amide bonds. The van der Waals surface area contributed by atoms with Gasteiger partial charge in [-0.3, -0.25) is 0 Å². The van der Waals surface area contributed by atoms with Crippen molar-refractivity contribution in [3.05, 3.63) is 57.7 Å². The fourth-order valence-corrected chi connectivity index (χ4v) is 5.20. The molecular weight excluding hydrogens is 448 g/mol. The van der Waals surface area contributed by atoms with E-state index in [9.17, 15) is 4.79 Å². The highest BCUT2D eigenvalue weighted by molar-refractivity contribution is 7.09. The largest absolute Gasteiger partial charge is 0.381 e. The second-order valence-electron chi connectivity index (χ2n) is 9.38. The molecule has 0 radical (unpaired) electrons. The van der Waals surface area contributed by atoms with Crippen LogP contribution in [0.2, 0.25) is 0 Å². The molecule has 8 nitrogen and oxygen atoms in total. The minimum Gasteiger partial charge on any atom is -0.381 e. The molecule has 1 aromatic carbocycles. The standard InChI is InChI=1S/C25H30N6O2S/c1-16-4-6-17(7-5-16)21-15-34-22(29-21)13-27-24(32)31-14-20-19(25(31,2)3)12-26-23(30-20)28-18-8-10-33-11-9-18/h4-7,12,15,18H,8-11,13-14H2,1-3H3,(H,27,32)(H,26,28,30). The maximum Gasteiger partial charge on any atom is 0.318 e. The van der Waals surface area contributed by atoms with Gasteiger partial charge in [0.2, 0.25) is 5.95 Å². The molecule has 0 bridgehead atoms. The van der Waals surface area contributed by atoms with E-state index >= 15 is 0 Å². The van der Waals surface area contributed by atoms with Crippen LogP contribution in [0.15, 0.2) is 35.8 Å². The number of hydrogen-bond donors (Lipinski definition) is 2. The number of aromatic nitrogens is 3. The highest BCUT2D eigenvalue weighted by Crippen LogP contribution is 2.38. The van der Waals surface area contributed by atoms with Crippen LogP contribution in [0, 0.1) is 6.92 Å². The van der Waals surface area contributed by atoms with E-state index in [2.05, 4.69) is 46.8 Å². The van der Waals surface area contributed by atoms with Crippen LogP contribution in [-0.4, -0.2) is 45.1 Å². The summed E-state index contributed by atoms with van der Waals surface area (Å²) in [6.45, 7) is 8.49. The Morgan fingerprint density at radius 1 is 1.21 bits per heavy atom. The van der Waals surface area contributed by atoms with Crippen molar-refractivity contribution in [3.63, 3.8) is 0 Å². The minimum atomic E-state index is -0.493. The first kappa shape index (κ1) is 22.7. The fraction of sp³-hybridized carbons (Fsp3) is 0.440. The van der Waals surface area contributed by atoms with Gasteiger partial charge in [0.25, 0.3) is 0 Å². The van der Waals surface area contributed by atoms with Crippen molar-refractivity contribution in [2.24, 2.45) is 0 Å². The minimum absolute atomic E-state index is 0.131. The number of carbonyl (C=O) groups is 1. The van der Waals surface area contributed by atoms with Gasteiger partial charge in [-0.25, -0.2) is 19.7 Å². The Hall–Kier alpha value is -3.04. The van der Waals surface area contributed by atoms with E-state index in [0.29, 0.717) is 25.1 Å². The molecule has 0 spiro atoms. The second kappa shape index (κ2) is 9.31. The summed E-state index contributed by atoms with van der Waals surface area (Å²) in [7, 11) is 0. The molecule has 178 valence electrons. The zero-order valence-corrected chi connectivity index (χ0v) is 20.6. The van der Waals surface area contributed by atoms with Gasteiger partial charge >= 0.3 is 6.03 Å². The van der Waals surface area contributed by atoms with Crippen LogP contribution in [0.25, 0.3) is 11.3 Å². The lowest BCUT2D eigenvalue weighted by molar-refractivity contribution is 0.0903. The van der Waals surface area contributed by atoms with Gasteiger partial charge in [-0.05, 0) is 33.6 Å². The number of benzene rings is 1. The topological polar surface area (TPSA) is 92.3 Å². The molecule has 34 heavy (non-hydrogen) atoms. The fourth-order valence-electron chi connectivity index (χ4n) is 4.46. The van der Waals surface area contributed by atoms with Gasteiger partial charge in [0.15, 0.2) is 0 Å². The van der Waals surface area contributed by atoms with Gasteiger partial charge in [-0.1, -0.05) is 29.8 Å². The molecule has 2 aromatic heterocycles. The molecular formula is C25H30N6O2S. The highest BCUT2D eigenvalue weighted by Gasteiger charge is 2.41. The van der Waals surface area contributed by atoms with Gasteiger partial charge < -0.3 is 20.3 Å². The SMILES string of the molecule is Cc1ccc(-c2csc(CNC(=O)N3Cc4nc(NC5CCOCC5)ncc4C3(C)C)n2)cc1. The predicted molar refractivity (Wildman–Crippen MR) is 133 cm³/mol. The Bertz CT molecular complexity index is 1170. The van der Waals surface area contributed by atoms with Crippen molar-refractivity contribution in [1.82, 2.24) is 25.2 Å². The number of hydrogen-bond acceptors (Lipinski definition) is 7. The van der Waals surface area contributed by atoms with Gasteiger partial charge in [-0.15, -0.1) is 11.3 Å². The molecule has 9 heteroatoms. The highest BCUT2D eigenvalue weighted by atomic mass is 32.1. The Balaban J connectivity index is 1.22. The molecule has 0 unspecified atom stereocenters. The molecule has 1 saturated heterocycles. The number of ether oxygens (including phenoxy) is 1. The number of thiazole rings is 1. The molecule has 1 fully saturated rings. The van der Waals surface area contributed by atoms with Gasteiger partial charge in [0.1, 0.15) is 5.01 Å². The summed E-state index contributed by atoms with van der Waals surface area (Å²) in [5.41, 5.74) is 4.61. The first-order valence-electron chi connectivity index (χ1n) is 11.7. The molecule has 4 heterocycles. The Morgan fingerprint density at radius 2 is 1.97 bits per heavy atom. The average Bonchev–Trinajstić information content (AvgIpc) is 3.41. The van der Waals surface area contributed by atoms with Crippen molar-refractivity contribution in [3.8, 4) is 11.3 Å². The Kier molecular flexibility index (Phi) is 6.22. The number of fused-ring (bicyclic) bond motifs is 1. The van der Waals surface area contributed by atoms with Crippen LogP contribution >= 0.6 is 11.3 Å². The summed E-state index contributed by atoms with van der Waals surface area (Å²) in [5.74, 6) is 0.620. The number of carbonyl (C=O) groups excluding carboxylic acids is 1. The van der Waals surface area contributed by atoms with Crippen molar-refractivity contribution < 1.29 is 9.53 Å². The van der Waals surface area contributed by atoms with Crippen molar-refractivity contribution in [2.45, 2.75) is 58.3 Å². The van der Waals surface area contributed by atoms with E-state index in [1.807, 2.05) is 30.3 Å². The number of aryl methyl sites for hydroxylation is 1. The number of amides is 2. The maximum atomic E-state index is 13.1. The summed E-state index contributed by atoms with van der Waals surface area (Å²) in [5, 5.41) is 9.37. The molecule has 0 aliphatic carbocycles. The van der Waals surface area contributed by atoms with Crippen molar-refractivity contribution >= 4 is 23.3 Å². The van der Waals surface area contributed by atoms with Crippen molar-refractivity contribution in [1.29, 1.82) is 0 Å². The normalized spacial score (nSPS) is 17.4. The molecule has 2 aliphatic rings. The van der Waals surface area contributed by atoms with E-state index in [0.717, 1.165) is 53.6 Å². The summed E-state index contributed by atoms with van der Waals surface area (Å²) in [4.78, 5) is 28.9. The molecule has 0 saturated carbocycles. The third kappa shape index (κ3) is 4.63. The molecule has 2 N–H and O–H groups in total. The van der Waals surface area contributed by atoms with E-state index in [1.165, 1.54) is 5.56 Å². The number of anilines is 1. The second-order valence-corrected chi connectivity index (χ2v) is 10.3. The van der Waals surface area contributed by atoms with Crippen LogP contribution in [0.4, 0.5) is 10.7 Å². The van der Waals surface area contributed by atoms with Gasteiger partial charge in [0.05, 0.1) is 30.0 Å². The number of urea groups is 1. The van der Waals surface area contributed by atoms with E-state index in [1.54, 1.807) is 11.3 Å². The summed E-state index contributed by atoms with van der Waals surface area (Å²) in [6, 6.07) is 8.50. The third-order valence-electron chi connectivity index (χ3n) is 6.60. The lowest BCUT2D eigenvalue weighted by atomic mass is 9.97. The lowest BCUT2D eigenvalue weighted by Gasteiger charge is -2.31. The number of nitrogens with zero attached hydrogens (tertiary/aromatic N) is 4. The molecule has 0 atom stereocenters. The van der Waals surface area contributed by atoms with Gasteiger partial charge in [0, 0.05) is 42.0 Å². The van der Waals surface area contributed by atoms with Crippen LogP contribution in [0.1, 0.15) is 48.5 Å². The van der Waals surface area contributed by atoms with Crippen molar-refractivity contribution in [2.75, 3.05) is 18.5 Å². The number of rotatable bonds is 5. The molecule has 3 aromatic rings. The first-order valence-corrected chi connectivity index (χ1v) is 12.6. The smallest absolute Gasteiger partial charge is 0.318 e. The van der Waals surface area contributed by atoms with Crippen LogP contribution < -0.4 is 10.6 Å². The van der Waals surface area contributed by atoms with E-state index in [4.69, 9.17) is 14.7 Å². The monoisotopic (exact) mass is 478 g/mol. The van der Waals surface area contributed by atoms with Crippen LogP contribution in [-0.2, 0) is 23.4 Å². The average molecular weight is 479 g/mol. The summed E-state index contributed by atoms with van der Waals surface area (Å²) >= 11 is 1.55. The zero-order chi connectivity index (χ0) is 23.7. The predicted octanol–water partition coefficient (Wildman–Crippen LogP) is 4.46. The zero-order valence-electron chi connectivity index (χ0n) is 19.8. The van der Waals surface area contributed by atoms with Gasteiger partial charge in [-0.2, -0.15) is 0 Å². The summed E-state index contributed by atoms with van der Waals surface area (Å²) < 4.78 is 5.43. The van der Waals surface area contributed by atoms with E-state index in [-0.39, 0.29) is 6.03 Å². The Labute approximate surface area is 203 Å². The molecule has 2 aliphatic heterocycles. The van der Waals surface area contributed by atoms with E-state index < -0.39 is 5.54 Å². The van der Waals surface area contributed by atoms with Crippen LogP contribution in [0.3, 0.4) is 0 Å². The first-order chi connectivity index (χ1) is 16.4. The quantitative estimate of drug-likeness (QED) is 0.563. The summed E-state index contributed by atoms with van der Waals surface area (Å²) in [6.07, 6.45) is 3.75. The molecule has 5 rings (SSSR count). The lowest BCUT2D eigenvalue weighted by Crippen LogP contribution is -2.45.